The maximum atomic E-state index is 10.5. The lowest BCUT2D eigenvalue weighted by atomic mass is 10.6. The normalized spacial score (nSPS) is 9.12. The molecule has 0 fully saturated rings. The summed E-state index contributed by atoms with van der Waals surface area (Å²) < 4.78 is 1.29. The lowest BCUT2D eigenvalue weighted by molar-refractivity contribution is 0.813. The van der Waals surface area contributed by atoms with Gasteiger partial charge >= 0.3 is 0 Å². The highest BCUT2D eigenvalue weighted by Gasteiger charge is 1.81. The van der Waals surface area contributed by atoms with Crippen molar-refractivity contribution in [2.45, 2.75) is 0 Å². The Hall–Kier alpha value is -1.12. The maximum absolute atomic E-state index is 10.5. The molecule has 1 rings (SSSR count). The number of aryl methyl sites for hydroxylation is 1. The van der Waals surface area contributed by atoms with Crippen molar-refractivity contribution >= 4 is 0 Å². The summed E-state index contributed by atoms with van der Waals surface area (Å²) in [5.74, 6) is 0. The van der Waals surface area contributed by atoms with Gasteiger partial charge in [0.1, 0.15) is 0 Å². The van der Waals surface area contributed by atoms with Gasteiger partial charge in [0.2, 0.25) is 0 Å². The van der Waals surface area contributed by atoms with Crippen molar-refractivity contribution < 1.29 is 0 Å². The van der Waals surface area contributed by atoms with Crippen LogP contribution in [0.4, 0.5) is 0 Å². The van der Waals surface area contributed by atoms with E-state index in [1.54, 1.807) is 7.05 Å². The number of aromatic nitrogens is 2. The van der Waals surface area contributed by atoms with Gasteiger partial charge in [-0.3, -0.25) is 9.36 Å². The molecule has 0 saturated heterocycles. The van der Waals surface area contributed by atoms with E-state index in [9.17, 15) is 4.79 Å². The average Bonchev–Trinajstić information content (AvgIpc) is 1.77. The summed E-state index contributed by atoms with van der Waals surface area (Å²) in [6, 6.07) is 1.39. The van der Waals surface area contributed by atoms with Crippen molar-refractivity contribution in [1.82, 2.24) is 9.55 Å². The molecule has 0 N–H and O–H groups in total. The predicted molar refractivity (Wildman–Crippen MR) is 28.3 cm³/mol. The molecule has 0 amide bonds. The summed E-state index contributed by atoms with van der Waals surface area (Å²) in [6.07, 6.45) is 3.87. The molecular formula is C5H5N2O. The summed E-state index contributed by atoms with van der Waals surface area (Å²) in [4.78, 5) is 14.1. The first-order valence-corrected chi connectivity index (χ1v) is 2.20. The molecule has 0 aromatic carbocycles. The second-order valence-electron chi connectivity index (χ2n) is 1.44. The largest absolute Gasteiger partial charge is 0.293 e. The van der Waals surface area contributed by atoms with Crippen LogP contribution < -0.4 is 5.56 Å². The molecular weight excluding hydrogens is 104 g/mol. The lowest BCUT2D eigenvalue weighted by Crippen LogP contribution is -2.14. The van der Waals surface area contributed by atoms with Gasteiger partial charge in [0.05, 0.1) is 0 Å². The molecule has 1 aromatic rings. The smallest absolute Gasteiger partial charge is 0.253 e. The average molecular weight is 109 g/mol. The molecule has 0 saturated carbocycles. The van der Waals surface area contributed by atoms with Gasteiger partial charge in [-0.05, 0) is 0 Å². The van der Waals surface area contributed by atoms with Crippen LogP contribution in [0.2, 0.25) is 0 Å². The molecule has 0 aliphatic carbocycles. The monoisotopic (exact) mass is 109 g/mol. The summed E-state index contributed by atoms with van der Waals surface area (Å²) in [7, 11) is 1.61. The number of hydrogen-bond acceptors (Lipinski definition) is 2. The zero-order valence-corrected chi connectivity index (χ0v) is 4.46. The van der Waals surface area contributed by atoms with Gasteiger partial charge in [-0.15, -0.1) is 0 Å². The van der Waals surface area contributed by atoms with Crippen LogP contribution in [0.3, 0.4) is 0 Å². The van der Waals surface area contributed by atoms with Gasteiger partial charge in [0, 0.05) is 19.3 Å². The van der Waals surface area contributed by atoms with Gasteiger partial charge in [-0.2, -0.15) is 0 Å². The van der Waals surface area contributed by atoms with Crippen LogP contribution in [-0.2, 0) is 7.05 Å². The first-order chi connectivity index (χ1) is 3.80. The molecule has 1 heterocycles. The first kappa shape index (κ1) is 5.03. The van der Waals surface area contributed by atoms with E-state index >= 15 is 0 Å². The molecule has 1 radical (unpaired) electrons. The molecule has 3 heteroatoms. The topological polar surface area (TPSA) is 34.9 Å². The van der Waals surface area contributed by atoms with Crippen LogP contribution in [0, 0.1) is 6.33 Å². The molecule has 8 heavy (non-hydrogen) atoms. The minimum atomic E-state index is -0.0833. The standard InChI is InChI=1S/C5H5N2O/c1-7-4-6-3-2-5(7)8/h2-3H,1H3. The molecule has 0 aliphatic heterocycles. The zero-order chi connectivity index (χ0) is 5.98. The fourth-order valence-corrected chi connectivity index (χ4v) is 0.382. The van der Waals surface area contributed by atoms with Crippen LogP contribution in [0.5, 0.6) is 0 Å². The minimum absolute atomic E-state index is 0.0833. The summed E-state index contributed by atoms with van der Waals surface area (Å²) in [5, 5.41) is 0. The van der Waals surface area contributed by atoms with Crippen molar-refractivity contribution in [2.24, 2.45) is 7.05 Å². The van der Waals surface area contributed by atoms with Crippen LogP contribution in [0.1, 0.15) is 0 Å². The van der Waals surface area contributed by atoms with Crippen molar-refractivity contribution in [3.05, 3.63) is 28.9 Å². The quantitative estimate of drug-likeness (QED) is 0.453. The third-order valence-corrected chi connectivity index (χ3v) is 0.830. The molecule has 0 bridgehead atoms. The highest BCUT2D eigenvalue weighted by atomic mass is 16.1. The molecule has 0 unspecified atom stereocenters. The molecule has 0 spiro atoms. The summed E-state index contributed by atoms with van der Waals surface area (Å²) >= 11 is 0. The first-order valence-electron chi connectivity index (χ1n) is 2.20. The van der Waals surface area contributed by atoms with E-state index < -0.39 is 0 Å². The second kappa shape index (κ2) is 1.78. The van der Waals surface area contributed by atoms with Crippen LogP contribution in [-0.4, -0.2) is 9.55 Å². The van der Waals surface area contributed by atoms with E-state index in [1.165, 1.54) is 16.8 Å². The van der Waals surface area contributed by atoms with E-state index in [-0.39, 0.29) is 5.56 Å². The minimum Gasteiger partial charge on any atom is -0.293 e. The van der Waals surface area contributed by atoms with Crippen LogP contribution in [0.25, 0.3) is 0 Å². The Morgan fingerprint density at radius 3 is 3.00 bits per heavy atom. The van der Waals surface area contributed by atoms with E-state index in [1.807, 2.05) is 0 Å². The lowest BCUT2D eigenvalue weighted by Gasteiger charge is -1.86. The van der Waals surface area contributed by atoms with Gasteiger partial charge in [0.15, 0.2) is 6.33 Å². The Balaban J connectivity index is 3.35. The highest BCUT2D eigenvalue weighted by Crippen LogP contribution is 1.64. The van der Waals surface area contributed by atoms with Crippen molar-refractivity contribution in [3.8, 4) is 0 Å². The van der Waals surface area contributed by atoms with Crippen molar-refractivity contribution in [1.29, 1.82) is 0 Å². The Bertz CT molecular complexity index is 228. The van der Waals surface area contributed by atoms with E-state index in [0.717, 1.165) is 0 Å². The van der Waals surface area contributed by atoms with Crippen molar-refractivity contribution in [2.75, 3.05) is 0 Å². The molecule has 0 aliphatic rings. The Labute approximate surface area is 46.6 Å². The third-order valence-electron chi connectivity index (χ3n) is 0.830. The van der Waals surface area contributed by atoms with Gasteiger partial charge in [0.25, 0.3) is 5.56 Å². The molecule has 1 aromatic heterocycles. The maximum Gasteiger partial charge on any atom is 0.253 e. The summed E-state index contributed by atoms with van der Waals surface area (Å²) in [6.45, 7) is 0. The Morgan fingerprint density at radius 1 is 1.88 bits per heavy atom. The number of rotatable bonds is 0. The molecule has 41 valence electrons. The molecule has 0 atom stereocenters. The zero-order valence-electron chi connectivity index (χ0n) is 4.46. The van der Waals surface area contributed by atoms with Gasteiger partial charge in [-0.25, -0.2) is 4.98 Å². The van der Waals surface area contributed by atoms with Gasteiger partial charge < -0.3 is 0 Å². The molecule has 3 nitrogen and oxygen atoms in total. The Morgan fingerprint density at radius 2 is 2.62 bits per heavy atom. The van der Waals surface area contributed by atoms with Crippen LogP contribution in [0.15, 0.2) is 17.1 Å². The number of hydrogen-bond donors (Lipinski definition) is 0. The fraction of sp³-hybridized carbons (Fsp3) is 0.200. The van der Waals surface area contributed by atoms with Gasteiger partial charge in [-0.1, -0.05) is 0 Å². The van der Waals surface area contributed by atoms with E-state index in [4.69, 9.17) is 0 Å². The SMILES string of the molecule is Cn1[c]nccc1=O. The summed E-state index contributed by atoms with van der Waals surface area (Å²) in [5.41, 5.74) is -0.0833. The fourth-order valence-electron chi connectivity index (χ4n) is 0.382. The van der Waals surface area contributed by atoms with E-state index in [0.29, 0.717) is 0 Å². The highest BCUT2D eigenvalue weighted by molar-refractivity contribution is 4.79. The predicted octanol–water partition coefficient (Wildman–Crippen LogP) is -0.420. The number of nitrogens with zero attached hydrogens (tertiary/aromatic N) is 2. The van der Waals surface area contributed by atoms with Crippen LogP contribution >= 0.6 is 0 Å². The second-order valence-corrected chi connectivity index (χ2v) is 1.44. The van der Waals surface area contributed by atoms with E-state index in [2.05, 4.69) is 11.3 Å². The third kappa shape index (κ3) is 0.753. The van der Waals surface area contributed by atoms with Crippen molar-refractivity contribution in [3.63, 3.8) is 0 Å². The Kier molecular flexibility index (Phi) is 1.12.